The lowest BCUT2D eigenvalue weighted by Crippen LogP contribution is -2.45. The van der Waals surface area contributed by atoms with Crippen LogP contribution < -0.4 is 10.6 Å². The van der Waals surface area contributed by atoms with Gasteiger partial charge in [0.25, 0.3) is 11.8 Å². The van der Waals surface area contributed by atoms with Crippen LogP contribution in [0.25, 0.3) is 6.08 Å². The SMILES string of the molecule is O=C(N[C@@H](CSCc1ccccc1)C(=O)O)/C(=C\c1ccc(Br)cc1)NC(=O)c1ccccc1. The summed E-state index contributed by atoms with van der Waals surface area (Å²) < 4.78 is 0.866. The summed E-state index contributed by atoms with van der Waals surface area (Å²) in [7, 11) is 0. The molecule has 0 saturated carbocycles. The molecule has 34 heavy (non-hydrogen) atoms. The first kappa shape index (κ1) is 25.3. The Labute approximate surface area is 210 Å². The highest BCUT2D eigenvalue weighted by Gasteiger charge is 2.23. The highest BCUT2D eigenvalue weighted by molar-refractivity contribution is 9.10. The average Bonchev–Trinajstić information content (AvgIpc) is 2.85. The van der Waals surface area contributed by atoms with Gasteiger partial charge in [0.2, 0.25) is 0 Å². The normalized spacial score (nSPS) is 12.0. The molecular weight excluding hydrogens is 516 g/mol. The van der Waals surface area contributed by atoms with E-state index >= 15 is 0 Å². The quantitative estimate of drug-likeness (QED) is 0.324. The summed E-state index contributed by atoms with van der Waals surface area (Å²) in [5.74, 6) is -1.50. The lowest BCUT2D eigenvalue weighted by Gasteiger charge is -2.17. The summed E-state index contributed by atoms with van der Waals surface area (Å²) in [5, 5.41) is 14.8. The summed E-state index contributed by atoms with van der Waals surface area (Å²) in [6.07, 6.45) is 1.51. The van der Waals surface area contributed by atoms with Crippen LogP contribution in [0.1, 0.15) is 21.5 Å². The zero-order valence-electron chi connectivity index (χ0n) is 18.1. The van der Waals surface area contributed by atoms with E-state index < -0.39 is 23.8 Å². The van der Waals surface area contributed by atoms with Crippen molar-refractivity contribution in [2.45, 2.75) is 11.8 Å². The van der Waals surface area contributed by atoms with E-state index in [1.807, 2.05) is 30.3 Å². The molecule has 0 aliphatic carbocycles. The first-order valence-electron chi connectivity index (χ1n) is 10.4. The van der Waals surface area contributed by atoms with Gasteiger partial charge < -0.3 is 15.7 Å². The van der Waals surface area contributed by atoms with E-state index in [-0.39, 0.29) is 11.4 Å². The summed E-state index contributed by atoms with van der Waals surface area (Å²) >= 11 is 4.77. The highest BCUT2D eigenvalue weighted by atomic mass is 79.9. The number of amides is 2. The van der Waals surface area contributed by atoms with Gasteiger partial charge in [-0.05, 0) is 41.5 Å². The van der Waals surface area contributed by atoms with Crippen molar-refractivity contribution in [3.8, 4) is 0 Å². The predicted molar refractivity (Wildman–Crippen MR) is 138 cm³/mol. The summed E-state index contributed by atoms with van der Waals surface area (Å²) in [6, 6.07) is 24.2. The zero-order chi connectivity index (χ0) is 24.3. The molecule has 8 heteroatoms. The van der Waals surface area contributed by atoms with Crippen LogP contribution >= 0.6 is 27.7 Å². The number of benzene rings is 3. The number of hydrogen-bond donors (Lipinski definition) is 3. The Kier molecular flexibility index (Phi) is 9.49. The van der Waals surface area contributed by atoms with Crippen LogP contribution in [0.4, 0.5) is 0 Å². The fourth-order valence-electron chi connectivity index (χ4n) is 2.95. The number of thioether (sulfide) groups is 1. The summed E-state index contributed by atoms with van der Waals surface area (Å²) in [5.41, 5.74) is 2.07. The fraction of sp³-hybridized carbons (Fsp3) is 0.115. The van der Waals surface area contributed by atoms with Gasteiger partial charge in [0.1, 0.15) is 11.7 Å². The standard InChI is InChI=1S/C26H23BrN2O4S/c27-21-13-11-18(12-14-21)15-22(28-24(30)20-9-5-2-6-10-20)25(31)29-23(26(32)33)17-34-16-19-7-3-1-4-8-19/h1-15,23H,16-17H2,(H,28,30)(H,29,31)(H,32,33)/b22-15+/t23-/m0/s1. The Morgan fingerprint density at radius 2 is 1.53 bits per heavy atom. The monoisotopic (exact) mass is 538 g/mol. The molecule has 3 N–H and O–H groups in total. The molecule has 0 spiro atoms. The number of aliphatic carboxylic acids is 1. The topological polar surface area (TPSA) is 95.5 Å². The molecule has 0 fully saturated rings. The van der Waals surface area contributed by atoms with Gasteiger partial charge >= 0.3 is 5.97 Å². The van der Waals surface area contributed by atoms with Crippen LogP contribution in [0.2, 0.25) is 0 Å². The van der Waals surface area contributed by atoms with Crippen molar-refractivity contribution in [1.29, 1.82) is 0 Å². The minimum absolute atomic E-state index is 0.0458. The van der Waals surface area contributed by atoms with Crippen molar-refractivity contribution in [1.82, 2.24) is 10.6 Å². The Morgan fingerprint density at radius 1 is 0.912 bits per heavy atom. The van der Waals surface area contributed by atoms with Crippen LogP contribution in [0, 0.1) is 0 Å². The van der Waals surface area contributed by atoms with Gasteiger partial charge in [0.15, 0.2) is 0 Å². The maximum absolute atomic E-state index is 13.1. The minimum Gasteiger partial charge on any atom is -0.480 e. The third-order valence-corrected chi connectivity index (χ3v) is 6.34. The lowest BCUT2D eigenvalue weighted by atomic mass is 10.1. The zero-order valence-corrected chi connectivity index (χ0v) is 20.5. The van der Waals surface area contributed by atoms with Crippen molar-refractivity contribution >= 4 is 51.6 Å². The average molecular weight is 539 g/mol. The Balaban J connectivity index is 1.74. The van der Waals surface area contributed by atoms with Crippen molar-refractivity contribution in [3.63, 3.8) is 0 Å². The van der Waals surface area contributed by atoms with E-state index in [9.17, 15) is 19.5 Å². The van der Waals surface area contributed by atoms with Crippen molar-refractivity contribution in [3.05, 3.63) is 112 Å². The molecule has 0 aliphatic heterocycles. The van der Waals surface area contributed by atoms with E-state index in [4.69, 9.17) is 0 Å². The van der Waals surface area contributed by atoms with E-state index in [0.717, 1.165) is 10.0 Å². The van der Waals surface area contributed by atoms with E-state index in [1.54, 1.807) is 54.6 Å². The van der Waals surface area contributed by atoms with Gasteiger partial charge in [-0.25, -0.2) is 4.79 Å². The third kappa shape index (κ3) is 7.90. The van der Waals surface area contributed by atoms with Crippen LogP contribution in [0.3, 0.4) is 0 Å². The molecule has 3 aromatic rings. The molecule has 2 amide bonds. The van der Waals surface area contributed by atoms with Crippen molar-refractivity contribution < 1.29 is 19.5 Å². The predicted octanol–water partition coefficient (Wildman–Crippen LogP) is 4.72. The van der Waals surface area contributed by atoms with Crippen LogP contribution in [-0.2, 0) is 15.3 Å². The Hall–Kier alpha value is -3.36. The number of halogens is 1. The number of carbonyl (C=O) groups excluding carboxylic acids is 2. The second-order valence-corrected chi connectivity index (χ2v) is 9.24. The number of nitrogens with one attached hydrogen (secondary N) is 2. The highest BCUT2D eigenvalue weighted by Crippen LogP contribution is 2.15. The summed E-state index contributed by atoms with van der Waals surface area (Å²) in [6.45, 7) is 0. The molecule has 0 radical (unpaired) electrons. The molecule has 0 aliphatic rings. The van der Waals surface area contributed by atoms with Gasteiger partial charge in [0.05, 0.1) is 0 Å². The number of carboxylic acids is 1. The first-order valence-corrected chi connectivity index (χ1v) is 12.4. The molecule has 0 bridgehead atoms. The van der Waals surface area contributed by atoms with E-state index in [2.05, 4.69) is 26.6 Å². The molecular formula is C26H23BrN2O4S. The largest absolute Gasteiger partial charge is 0.480 e. The Morgan fingerprint density at radius 3 is 2.15 bits per heavy atom. The maximum atomic E-state index is 13.1. The molecule has 0 saturated heterocycles. The number of hydrogen-bond acceptors (Lipinski definition) is 4. The molecule has 3 rings (SSSR count). The molecule has 1 atom stereocenters. The minimum atomic E-state index is -1.15. The number of rotatable bonds is 10. The maximum Gasteiger partial charge on any atom is 0.327 e. The second kappa shape index (κ2) is 12.8. The van der Waals surface area contributed by atoms with Gasteiger partial charge in [-0.3, -0.25) is 9.59 Å². The van der Waals surface area contributed by atoms with Gasteiger partial charge in [-0.1, -0.05) is 76.6 Å². The number of carbonyl (C=O) groups is 3. The summed E-state index contributed by atoms with van der Waals surface area (Å²) in [4.78, 5) is 37.5. The third-order valence-electron chi connectivity index (χ3n) is 4.71. The first-order chi connectivity index (χ1) is 16.4. The van der Waals surface area contributed by atoms with Crippen LogP contribution in [0.15, 0.2) is 95.1 Å². The molecule has 0 aromatic heterocycles. The van der Waals surface area contributed by atoms with Gasteiger partial charge in [-0.2, -0.15) is 11.8 Å². The molecule has 6 nitrogen and oxygen atoms in total. The van der Waals surface area contributed by atoms with Crippen LogP contribution in [-0.4, -0.2) is 34.7 Å². The van der Waals surface area contributed by atoms with Crippen molar-refractivity contribution in [2.24, 2.45) is 0 Å². The van der Waals surface area contributed by atoms with E-state index in [0.29, 0.717) is 16.9 Å². The van der Waals surface area contributed by atoms with E-state index in [1.165, 1.54) is 17.8 Å². The lowest BCUT2D eigenvalue weighted by molar-refractivity contribution is -0.140. The molecule has 0 unspecified atom stereocenters. The number of carboxylic acid groups (broad SMARTS) is 1. The van der Waals surface area contributed by atoms with Crippen LogP contribution in [0.5, 0.6) is 0 Å². The molecule has 174 valence electrons. The smallest absolute Gasteiger partial charge is 0.327 e. The van der Waals surface area contributed by atoms with Crippen molar-refractivity contribution in [2.75, 3.05) is 5.75 Å². The Bertz CT molecular complexity index is 1150. The molecule has 0 heterocycles. The molecule has 3 aromatic carbocycles. The van der Waals surface area contributed by atoms with Gasteiger partial charge in [0, 0.05) is 21.5 Å². The second-order valence-electron chi connectivity index (χ2n) is 7.29. The van der Waals surface area contributed by atoms with Gasteiger partial charge in [-0.15, -0.1) is 0 Å². The fourth-order valence-corrected chi connectivity index (χ4v) is 4.22.